The summed E-state index contributed by atoms with van der Waals surface area (Å²) in [6.45, 7) is 5.22. The Hall–Kier alpha value is -2.34. The van der Waals surface area contributed by atoms with Crippen molar-refractivity contribution >= 4 is 35.0 Å². The number of carbonyl (C=O) groups is 1. The lowest BCUT2D eigenvalue weighted by Gasteiger charge is -2.55. The zero-order valence-electron chi connectivity index (χ0n) is 20.8. The fourth-order valence-electron chi connectivity index (χ4n) is 7.88. The molecule has 0 unspecified atom stereocenters. The van der Waals surface area contributed by atoms with E-state index in [4.69, 9.17) is 4.42 Å². The fraction of sp³-hybridized carbons (Fsp3) is 0.500. The van der Waals surface area contributed by atoms with Crippen LogP contribution in [0, 0.1) is 23.2 Å². The van der Waals surface area contributed by atoms with Crippen LogP contribution in [0.2, 0.25) is 0 Å². The predicted octanol–water partition coefficient (Wildman–Crippen LogP) is 6.08. The Bertz CT molecular complexity index is 1230. The predicted molar refractivity (Wildman–Crippen MR) is 146 cm³/mol. The van der Waals surface area contributed by atoms with Gasteiger partial charge in [0.15, 0.2) is 0 Å². The molecule has 2 aromatic carbocycles. The lowest BCUT2D eigenvalue weighted by atomic mass is 9.49. The minimum atomic E-state index is -0.158. The summed E-state index contributed by atoms with van der Waals surface area (Å²) in [6.07, 6.45) is 7.27. The topological polar surface area (TPSA) is 57.5 Å². The number of fused-ring (bicyclic) bond motifs is 1. The van der Waals surface area contributed by atoms with Crippen molar-refractivity contribution in [3.8, 4) is 11.3 Å². The lowest BCUT2D eigenvalue weighted by Crippen LogP contribution is -2.51. The summed E-state index contributed by atoms with van der Waals surface area (Å²) in [5, 5.41) is 7.88. The van der Waals surface area contributed by atoms with Gasteiger partial charge in [-0.05, 0) is 86.1 Å². The Morgan fingerprint density at radius 1 is 0.972 bits per heavy atom. The Morgan fingerprint density at radius 3 is 2.39 bits per heavy atom. The summed E-state index contributed by atoms with van der Waals surface area (Å²) in [5.41, 5.74) is 3.87. The zero-order valence-corrected chi connectivity index (χ0v) is 21.6. The average Bonchev–Trinajstić information content (AvgIpc) is 3.27. The monoisotopic (exact) mass is 505 g/mol. The molecular weight excluding hydrogens is 470 g/mol. The molecule has 0 spiro atoms. The maximum atomic E-state index is 13.7. The third kappa shape index (κ3) is 4.36. The molecule has 5 nitrogen and oxygen atoms in total. The number of para-hydroxylation sites is 1. The van der Waals surface area contributed by atoms with Gasteiger partial charge < -0.3 is 15.1 Å². The second kappa shape index (κ2) is 9.51. The van der Waals surface area contributed by atoms with Crippen molar-refractivity contribution in [2.45, 2.75) is 45.1 Å². The van der Waals surface area contributed by atoms with Crippen LogP contribution in [0.3, 0.4) is 0 Å². The van der Waals surface area contributed by atoms with Crippen LogP contribution in [-0.2, 0) is 11.3 Å². The first-order valence-corrected chi connectivity index (χ1v) is 13.5. The molecule has 2 heterocycles. The smallest absolute Gasteiger partial charge is 0.230 e. The van der Waals surface area contributed by atoms with Gasteiger partial charge in [0.2, 0.25) is 5.91 Å². The number of nitrogens with zero attached hydrogens (tertiary/aromatic N) is 1. The molecule has 1 amide bonds. The van der Waals surface area contributed by atoms with E-state index in [1.165, 1.54) is 24.8 Å². The minimum Gasteiger partial charge on any atom is -0.456 e. The molecule has 1 aliphatic heterocycles. The minimum absolute atomic E-state index is 0. The van der Waals surface area contributed by atoms with E-state index in [1.807, 2.05) is 18.2 Å². The van der Waals surface area contributed by atoms with Crippen molar-refractivity contribution in [1.82, 2.24) is 10.2 Å². The largest absolute Gasteiger partial charge is 0.456 e. The third-order valence-electron chi connectivity index (χ3n) is 9.16. The van der Waals surface area contributed by atoms with E-state index in [1.54, 1.807) is 0 Å². The second-order valence-corrected chi connectivity index (χ2v) is 11.7. The van der Waals surface area contributed by atoms with E-state index < -0.39 is 0 Å². The second-order valence-electron chi connectivity index (χ2n) is 11.7. The van der Waals surface area contributed by atoms with Gasteiger partial charge in [-0.2, -0.15) is 0 Å². The standard InChI is InChI=1S/C30H35N3O2.ClH/c34-29(30-16-21-11-22(17-30)13-23(12-21)18-30)32-26-4-2-1-3-25(26)28-15-24-6-5-20(14-27(24)35-28)19-33-9-7-31-8-10-33;/h1-6,14-15,21-23,31H,7-13,16-19H2,(H,32,34);1H. The van der Waals surface area contributed by atoms with Gasteiger partial charge in [0.05, 0.1) is 11.1 Å². The Labute approximate surface area is 219 Å². The normalized spacial score (nSPS) is 29.3. The van der Waals surface area contributed by atoms with Crippen molar-refractivity contribution in [2.75, 3.05) is 31.5 Å². The summed E-state index contributed by atoms with van der Waals surface area (Å²) in [7, 11) is 0. The van der Waals surface area contributed by atoms with Gasteiger partial charge in [-0.3, -0.25) is 9.69 Å². The summed E-state index contributed by atoms with van der Waals surface area (Å²) in [5.74, 6) is 3.33. The summed E-state index contributed by atoms with van der Waals surface area (Å²) < 4.78 is 6.37. The van der Waals surface area contributed by atoms with Gasteiger partial charge in [0.25, 0.3) is 0 Å². The first kappa shape index (κ1) is 24.0. The van der Waals surface area contributed by atoms with E-state index in [0.29, 0.717) is 0 Å². The van der Waals surface area contributed by atoms with Gasteiger partial charge in [0.1, 0.15) is 11.3 Å². The van der Waals surface area contributed by atoms with Gasteiger partial charge in [-0.15, -0.1) is 12.4 Å². The lowest BCUT2D eigenvalue weighted by molar-refractivity contribution is -0.140. The molecule has 8 rings (SSSR count). The number of amides is 1. The first-order chi connectivity index (χ1) is 17.1. The van der Waals surface area contributed by atoms with Crippen molar-refractivity contribution < 1.29 is 9.21 Å². The number of rotatable bonds is 5. The molecule has 190 valence electrons. The first-order valence-electron chi connectivity index (χ1n) is 13.5. The van der Waals surface area contributed by atoms with Crippen LogP contribution in [0.1, 0.15) is 44.1 Å². The van der Waals surface area contributed by atoms with Gasteiger partial charge >= 0.3 is 0 Å². The zero-order chi connectivity index (χ0) is 23.4. The molecule has 36 heavy (non-hydrogen) atoms. The van der Waals surface area contributed by atoms with Gasteiger partial charge in [0, 0.05) is 43.7 Å². The molecular formula is C30H36ClN3O2. The number of carbonyl (C=O) groups excluding carboxylic acids is 1. The highest BCUT2D eigenvalue weighted by Gasteiger charge is 2.54. The molecule has 5 fully saturated rings. The van der Waals surface area contributed by atoms with Crippen molar-refractivity contribution in [3.05, 3.63) is 54.1 Å². The molecule has 5 aliphatic rings. The van der Waals surface area contributed by atoms with Crippen molar-refractivity contribution in [2.24, 2.45) is 23.2 Å². The number of piperazine rings is 1. The molecule has 6 heteroatoms. The number of hydrogen-bond acceptors (Lipinski definition) is 4. The highest BCUT2D eigenvalue weighted by molar-refractivity contribution is 5.99. The molecule has 0 atom stereocenters. The van der Waals surface area contributed by atoms with E-state index in [9.17, 15) is 4.79 Å². The van der Waals surface area contributed by atoms with Crippen LogP contribution in [0.25, 0.3) is 22.3 Å². The Kier molecular flexibility index (Phi) is 6.35. The van der Waals surface area contributed by atoms with Crippen LogP contribution in [0.4, 0.5) is 5.69 Å². The van der Waals surface area contributed by atoms with Crippen LogP contribution in [-0.4, -0.2) is 37.0 Å². The van der Waals surface area contributed by atoms with Crippen LogP contribution in [0.5, 0.6) is 0 Å². The van der Waals surface area contributed by atoms with Gasteiger partial charge in [-0.25, -0.2) is 0 Å². The highest BCUT2D eigenvalue weighted by atomic mass is 35.5. The molecule has 4 saturated carbocycles. The van der Waals surface area contributed by atoms with E-state index in [2.05, 4.69) is 45.9 Å². The average molecular weight is 506 g/mol. The highest BCUT2D eigenvalue weighted by Crippen LogP contribution is 2.60. The van der Waals surface area contributed by atoms with E-state index >= 15 is 0 Å². The van der Waals surface area contributed by atoms with Gasteiger partial charge in [-0.1, -0.05) is 24.3 Å². The molecule has 0 radical (unpaired) electrons. The number of benzene rings is 2. The maximum Gasteiger partial charge on any atom is 0.230 e. The molecule has 2 N–H and O–H groups in total. The number of nitrogens with one attached hydrogen (secondary N) is 2. The van der Waals surface area contributed by atoms with E-state index in [0.717, 1.165) is 97.7 Å². The molecule has 1 aromatic heterocycles. The Balaban J connectivity index is 0.00000240. The molecule has 1 saturated heterocycles. The SMILES string of the molecule is Cl.O=C(Nc1ccccc1-c1cc2ccc(CN3CCNCC3)cc2o1)C12CC3CC(CC(C3)C1)C2. The molecule has 4 aliphatic carbocycles. The molecule has 3 aromatic rings. The molecule has 4 bridgehead atoms. The summed E-state index contributed by atoms with van der Waals surface area (Å²) >= 11 is 0. The summed E-state index contributed by atoms with van der Waals surface area (Å²) in [6, 6.07) is 16.8. The Morgan fingerprint density at radius 2 is 1.67 bits per heavy atom. The summed E-state index contributed by atoms with van der Waals surface area (Å²) in [4.78, 5) is 16.2. The number of anilines is 1. The van der Waals surface area contributed by atoms with Crippen LogP contribution >= 0.6 is 12.4 Å². The number of hydrogen-bond donors (Lipinski definition) is 2. The van der Waals surface area contributed by atoms with Crippen molar-refractivity contribution in [3.63, 3.8) is 0 Å². The third-order valence-corrected chi connectivity index (χ3v) is 9.16. The van der Waals surface area contributed by atoms with Crippen molar-refractivity contribution in [1.29, 1.82) is 0 Å². The van der Waals surface area contributed by atoms with Crippen LogP contribution in [0.15, 0.2) is 52.9 Å². The maximum absolute atomic E-state index is 13.7. The van der Waals surface area contributed by atoms with Crippen LogP contribution < -0.4 is 10.6 Å². The number of halogens is 1. The van der Waals surface area contributed by atoms with E-state index in [-0.39, 0.29) is 23.7 Å². The number of furan rings is 1. The quantitative estimate of drug-likeness (QED) is 0.441. The fourth-order valence-corrected chi connectivity index (χ4v) is 7.88.